The van der Waals surface area contributed by atoms with Crippen LogP contribution in [0.25, 0.3) is 0 Å². The first-order chi connectivity index (χ1) is 9.50. The summed E-state index contributed by atoms with van der Waals surface area (Å²) in [6, 6.07) is 2.04. The summed E-state index contributed by atoms with van der Waals surface area (Å²) in [4.78, 5) is 0. The van der Waals surface area contributed by atoms with E-state index in [1.54, 1.807) is 6.26 Å². The van der Waals surface area contributed by atoms with Gasteiger partial charge in [0.15, 0.2) is 0 Å². The molecule has 3 nitrogen and oxygen atoms in total. The number of furan rings is 1. The summed E-state index contributed by atoms with van der Waals surface area (Å²) in [5.41, 5.74) is 1.62. The predicted molar refractivity (Wildman–Crippen MR) is 81.5 cm³/mol. The van der Waals surface area contributed by atoms with Gasteiger partial charge < -0.3 is 14.5 Å². The minimum absolute atomic E-state index is 0.367. The standard InChI is InChI=1S/C17H29NO2/c1-5-18-11-14-6-7-19-16(14)12-20-15-8-13(2)9-17(3,4)10-15/h6-7,13,15,18H,5,8-12H2,1-4H3. The Morgan fingerprint density at radius 1 is 1.40 bits per heavy atom. The monoisotopic (exact) mass is 279 g/mol. The molecule has 2 rings (SSSR count). The largest absolute Gasteiger partial charge is 0.467 e. The van der Waals surface area contributed by atoms with Gasteiger partial charge in [-0.3, -0.25) is 0 Å². The summed E-state index contributed by atoms with van der Waals surface area (Å²) in [5.74, 6) is 1.73. The molecule has 1 fully saturated rings. The van der Waals surface area contributed by atoms with E-state index in [0.717, 1.165) is 31.2 Å². The molecule has 0 spiro atoms. The van der Waals surface area contributed by atoms with Crippen LogP contribution in [0.2, 0.25) is 0 Å². The van der Waals surface area contributed by atoms with Crippen molar-refractivity contribution in [3.8, 4) is 0 Å². The van der Waals surface area contributed by atoms with E-state index in [0.29, 0.717) is 18.1 Å². The molecule has 2 unspecified atom stereocenters. The van der Waals surface area contributed by atoms with Gasteiger partial charge in [-0.15, -0.1) is 0 Å². The van der Waals surface area contributed by atoms with Gasteiger partial charge in [0.25, 0.3) is 0 Å². The van der Waals surface area contributed by atoms with Crippen molar-refractivity contribution in [3.63, 3.8) is 0 Å². The van der Waals surface area contributed by atoms with E-state index in [4.69, 9.17) is 9.15 Å². The average Bonchev–Trinajstić information content (AvgIpc) is 2.79. The lowest BCUT2D eigenvalue weighted by Crippen LogP contribution is -2.32. The van der Waals surface area contributed by atoms with Crippen molar-refractivity contribution in [1.82, 2.24) is 5.32 Å². The van der Waals surface area contributed by atoms with Gasteiger partial charge in [-0.2, -0.15) is 0 Å². The maximum absolute atomic E-state index is 6.13. The second kappa shape index (κ2) is 6.77. The topological polar surface area (TPSA) is 34.4 Å². The van der Waals surface area contributed by atoms with Crippen LogP contribution in [-0.4, -0.2) is 12.6 Å². The van der Waals surface area contributed by atoms with Gasteiger partial charge in [-0.05, 0) is 43.2 Å². The molecule has 20 heavy (non-hydrogen) atoms. The molecule has 0 saturated heterocycles. The summed E-state index contributed by atoms with van der Waals surface area (Å²) in [6.45, 7) is 11.6. The number of nitrogens with one attached hydrogen (secondary N) is 1. The Labute approximate surface area is 123 Å². The van der Waals surface area contributed by atoms with Crippen LogP contribution in [-0.2, 0) is 17.9 Å². The van der Waals surface area contributed by atoms with Crippen molar-refractivity contribution >= 4 is 0 Å². The first kappa shape index (κ1) is 15.6. The molecular weight excluding hydrogens is 250 g/mol. The molecule has 3 heteroatoms. The van der Waals surface area contributed by atoms with Crippen molar-refractivity contribution in [3.05, 3.63) is 23.7 Å². The lowest BCUT2D eigenvalue weighted by Gasteiger charge is -2.38. The molecule has 0 aromatic carbocycles. The van der Waals surface area contributed by atoms with Gasteiger partial charge in [0.05, 0.1) is 12.4 Å². The summed E-state index contributed by atoms with van der Waals surface area (Å²) in [7, 11) is 0. The fourth-order valence-electron chi connectivity index (χ4n) is 3.49. The summed E-state index contributed by atoms with van der Waals surface area (Å²) in [6.07, 6.45) is 5.76. The molecular formula is C17H29NO2. The molecule has 0 amide bonds. The zero-order valence-corrected chi connectivity index (χ0v) is 13.4. The third-order valence-electron chi connectivity index (χ3n) is 4.20. The van der Waals surface area contributed by atoms with Crippen LogP contribution in [0.15, 0.2) is 16.7 Å². The Hall–Kier alpha value is -0.800. The van der Waals surface area contributed by atoms with E-state index in [9.17, 15) is 0 Å². The number of hydrogen-bond donors (Lipinski definition) is 1. The fraction of sp³-hybridized carbons (Fsp3) is 0.765. The number of ether oxygens (including phenoxy) is 1. The van der Waals surface area contributed by atoms with Crippen LogP contribution in [0, 0.1) is 11.3 Å². The first-order valence-corrected chi connectivity index (χ1v) is 7.87. The van der Waals surface area contributed by atoms with Crippen LogP contribution in [0.4, 0.5) is 0 Å². The van der Waals surface area contributed by atoms with Gasteiger partial charge in [0.2, 0.25) is 0 Å². The Balaban J connectivity index is 1.87. The molecule has 0 aliphatic heterocycles. The van der Waals surface area contributed by atoms with E-state index in [1.165, 1.54) is 18.4 Å². The minimum Gasteiger partial charge on any atom is -0.467 e. The summed E-state index contributed by atoms with van der Waals surface area (Å²) < 4.78 is 11.7. The zero-order chi connectivity index (χ0) is 14.6. The second-order valence-corrected chi connectivity index (χ2v) is 7.00. The number of hydrogen-bond acceptors (Lipinski definition) is 3. The first-order valence-electron chi connectivity index (χ1n) is 7.87. The highest BCUT2D eigenvalue weighted by Gasteiger charge is 2.32. The van der Waals surface area contributed by atoms with Gasteiger partial charge in [0.1, 0.15) is 12.4 Å². The molecule has 1 aromatic rings. The zero-order valence-electron chi connectivity index (χ0n) is 13.4. The maximum atomic E-state index is 6.13. The molecule has 1 aromatic heterocycles. The quantitative estimate of drug-likeness (QED) is 0.850. The van der Waals surface area contributed by atoms with Crippen LogP contribution in [0.1, 0.15) is 58.3 Å². The third kappa shape index (κ3) is 4.35. The molecule has 114 valence electrons. The minimum atomic E-state index is 0.367. The van der Waals surface area contributed by atoms with Crippen molar-refractivity contribution in [2.45, 2.75) is 66.2 Å². The van der Waals surface area contributed by atoms with Crippen LogP contribution in [0.3, 0.4) is 0 Å². The SMILES string of the molecule is CCNCc1ccoc1COC1CC(C)CC(C)(C)C1. The van der Waals surface area contributed by atoms with E-state index in [1.807, 2.05) is 6.07 Å². The average molecular weight is 279 g/mol. The molecule has 1 heterocycles. The van der Waals surface area contributed by atoms with E-state index < -0.39 is 0 Å². The highest BCUT2D eigenvalue weighted by molar-refractivity contribution is 5.16. The van der Waals surface area contributed by atoms with Gasteiger partial charge in [0, 0.05) is 12.1 Å². The van der Waals surface area contributed by atoms with Gasteiger partial charge in [-0.1, -0.05) is 27.7 Å². The highest BCUT2D eigenvalue weighted by atomic mass is 16.5. The number of rotatable bonds is 6. The maximum Gasteiger partial charge on any atom is 0.133 e. The Bertz CT molecular complexity index is 411. The lowest BCUT2D eigenvalue weighted by atomic mass is 9.71. The third-order valence-corrected chi connectivity index (χ3v) is 4.20. The second-order valence-electron chi connectivity index (χ2n) is 7.00. The molecule has 1 saturated carbocycles. The highest BCUT2D eigenvalue weighted by Crippen LogP contribution is 2.39. The summed E-state index contributed by atoms with van der Waals surface area (Å²) >= 11 is 0. The predicted octanol–water partition coefficient (Wildman–Crippen LogP) is 4.12. The van der Waals surface area contributed by atoms with Gasteiger partial charge in [-0.25, -0.2) is 0 Å². The van der Waals surface area contributed by atoms with Crippen molar-refractivity contribution in [2.75, 3.05) is 6.54 Å². The van der Waals surface area contributed by atoms with Gasteiger partial charge >= 0.3 is 0 Å². The smallest absolute Gasteiger partial charge is 0.133 e. The Kier molecular flexibility index (Phi) is 5.28. The Morgan fingerprint density at radius 3 is 2.90 bits per heavy atom. The van der Waals surface area contributed by atoms with E-state index in [2.05, 4.69) is 33.0 Å². The van der Waals surface area contributed by atoms with Crippen molar-refractivity contribution in [2.24, 2.45) is 11.3 Å². The lowest BCUT2D eigenvalue weighted by molar-refractivity contribution is -0.0371. The Morgan fingerprint density at radius 2 is 2.20 bits per heavy atom. The molecule has 0 bridgehead atoms. The molecule has 1 N–H and O–H groups in total. The molecule has 2 atom stereocenters. The van der Waals surface area contributed by atoms with Crippen molar-refractivity contribution < 1.29 is 9.15 Å². The molecule has 1 aliphatic carbocycles. The molecule has 1 aliphatic rings. The van der Waals surface area contributed by atoms with Crippen LogP contribution < -0.4 is 5.32 Å². The molecule has 0 radical (unpaired) electrons. The van der Waals surface area contributed by atoms with E-state index >= 15 is 0 Å². The van der Waals surface area contributed by atoms with Crippen molar-refractivity contribution in [1.29, 1.82) is 0 Å². The summed E-state index contributed by atoms with van der Waals surface area (Å²) in [5, 5.41) is 3.33. The van der Waals surface area contributed by atoms with Crippen LogP contribution in [0.5, 0.6) is 0 Å². The fourth-order valence-corrected chi connectivity index (χ4v) is 3.49. The van der Waals surface area contributed by atoms with Crippen LogP contribution >= 0.6 is 0 Å². The normalized spacial score (nSPS) is 25.8. The van der Waals surface area contributed by atoms with E-state index in [-0.39, 0.29) is 0 Å².